The first-order valence-electron chi connectivity index (χ1n) is 11.9. The molecule has 1 amide bonds. The molecule has 0 aliphatic heterocycles. The van der Waals surface area contributed by atoms with Gasteiger partial charge in [-0.05, 0) is 31.5 Å². The fraction of sp³-hybridized carbons (Fsp3) is 0.286. The molecule has 10 heteroatoms. The van der Waals surface area contributed by atoms with E-state index in [1.807, 2.05) is 60.7 Å². The molecule has 3 aromatic rings. The second kappa shape index (κ2) is 13.6. The number of carbonyl (C=O) groups is 3. The van der Waals surface area contributed by atoms with Gasteiger partial charge in [0.15, 0.2) is 23.3 Å². The Bertz CT molecular complexity index is 1220. The summed E-state index contributed by atoms with van der Waals surface area (Å²) in [5.41, 5.74) is 0.669. The van der Waals surface area contributed by atoms with Crippen LogP contribution in [0.25, 0.3) is 0 Å². The molecule has 0 unspecified atom stereocenters. The molecule has 0 fully saturated rings. The van der Waals surface area contributed by atoms with E-state index in [1.54, 1.807) is 6.92 Å². The SMILES string of the molecule is COc1ccnc(C(=O)N[C@@H](C)C(=O)O[C@@H](C)[C@H](Oc2ccccc2)c2ccccc2)c1OCOC(C)=O. The van der Waals surface area contributed by atoms with Crippen molar-refractivity contribution in [1.82, 2.24) is 10.3 Å². The summed E-state index contributed by atoms with van der Waals surface area (Å²) in [5.74, 6) is -1.16. The lowest BCUT2D eigenvalue weighted by atomic mass is 10.0. The zero-order valence-electron chi connectivity index (χ0n) is 21.6. The third-order valence-corrected chi connectivity index (χ3v) is 5.33. The normalized spacial score (nSPS) is 12.8. The summed E-state index contributed by atoms with van der Waals surface area (Å²) in [4.78, 5) is 41.0. The standard InChI is InChI=1S/C28H30N2O8/c1-18(30-27(32)24-26(36-17-35-20(3)31)23(34-4)15-16-29-24)28(33)37-19(2)25(21-11-7-5-8-12-21)38-22-13-9-6-10-14-22/h5-16,18-19,25H,17H2,1-4H3,(H,30,32)/t18-,19-,25-/m0/s1. The van der Waals surface area contributed by atoms with E-state index >= 15 is 0 Å². The van der Waals surface area contributed by atoms with E-state index in [4.69, 9.17) is 23.7 Å². The van der Waals surface area contributed by atoms with Crippen LogP contribution < -0.4 is 19.5 Å². The zero-order valence-corrected chi connectivity index (χ0v) is 21.6. The number of benzene rings is 2. The smallest absolute Gasteiger partial charge is 0.328 e. The number of carbonyl (C=O) groups excluding carboxylic acids is 3. The largest absolute Gasteiger partial charge is 0.493 e. The number of pyridine rings is 1. The van der Waals surface area contributed by atoms with Gasteiger partial charge in [-0.25, -0.2) is 9.78 Å². The second-order valence-electron chi connectivity index (χ2n) is 8.19. The molecule has 10 nitrogen and oxygen atoms in total. The number of amides is 1. The zero-order chi connectivity index (χ0) is 27.5. The highest BCUT2D eigenvalue weighted by Gasteiger charge is 2.29. The van der Waals surface area contributed by atoms with Crippen molar-refractivity contribution in [3.8, 4) is 17.2 Å². The summed E-state index contributed by atoms with van der Waals surface area (Å²) >= 11 is 0. The maximum absolute atomic E-state index is 13.0. The van der Waals surface area contributed by atoms with Crippen LogP contribution in [0.2, 0.25) is 0 Å². The van der Waals surface area contributed by atoms with Crippen molar-refractivity contribution < 1.29 is 38.1 Å². The first kappa shape index (κ1) is 28.0. The van der Waals surface area contributed by atoms with Crippen molar-refractivity contribution >= 4 is 17.8 Å². The average Bonchev–Trinajstić information content (AvgIpc) is 2.92. The lowest BCUT2D eigenvalue weighted by molar-refractivity contribution is -0.155. The number of ether oxygens (including phenoxy) is 5. The summed E-state index contributed by atoms with van der Waals surface area (Å²) in [6.45, 7) is 3.98. The number of esters is 2. The van der Waals surface area contributed by atoms with Gasteiger partial charge in [-0.3, -0.25) is 9.59 Å². The number of nitrogens with zero attached hydrogens (tertiary/aromatic N) is 1. The Labute approximate surface area is 220 Å². The van der Waals surface area contributed by atoms with Crippen LogP contribution in [-0.2, 0) is 19.1 Å². The van der Waals surface area contributed by atoms with Crippen molar-refractivity contribution in [2.45, 2.75) is 39.0 Å². The molecule has 2 aromatic carbocycles. The minimum Gasteiger partial charge on any atom is -0.493 e. The molecular weight excluding hydrogens is 492 g/mol. The molecule has 1 aromatic heterocycles. The van der Waals surface area contributed by atoms with Crippen LogP contribution in [0.5, 0.6) is 17.2 Å². The minimum absolute atomic E-state index is 0.0388. The molecule has 200 valence electrons. The highest BCUT2D eigenvalue weighted by Crippen LogP contribution is 2.30. The summed E-state index contributed by atoms with van der Waals surface area (Å²) in [6, 6.07) is 19.0. The Morgan fingerprint density at radius 3 is 2.24 bits per heavy atom. The molecule has 0 radical (unpaired) electrons. The Kier molecular flexibility index (Phi) is 10.0. The lowest BCUT2D eigenvalue weighted by Gasteiger charge is -2.27. The number of methoxy groups -OCH3 is 1. The molecule has 0 saturated carbocycles. The predicted octanol–water partition coefficient (Wildman–Crippen LogP) is 3.86. The number of hydrogen-bond acceptors (Lipinski definition) is 9. The van der Waals surface area contributed by atoms with Crippen LogP contribution >= 0.6 is 0 Å². The van der Waals surface area contributed by atoms with Gasteiger partial charge < -0.3 is 29.0 Å². The van der Waals surface area contributed by atoms with Gasteiger partial charge in [-0.15, -0.1) is 0 Å². The Hall–Kier alpha value is -4.60. The Morgan fingerprint density at radius 2 is 1.61 bits per heavy atom. The number of nitrogens with one attached hydrogen (secondary N) is 1. The fourth-order valence-electron chi connectivity index (χ4n) is 3.46. The van der Waals surface area contributed by atoms with Gasteiger partial charge in [0.2, 0.25) is 6.79 Å². The summed E-state index contributed by atoms with van der Waals surface area (Å²) in [5, 5.41) is 2.56. The summed E-state index contributed by atoms with van der Waals surface area (Å²) < 4.78 is 27.3. The number of aromatic nitrogens is 1. The molecular formula is C28H30N2O8. The van der Waals surface area contributed by atoms with Crippen LogP contribution in [0.3, 0.4) is 0 Å². The van der Waals surface area contributed by atoms with E-state index in [-0.39, 0.29) is 17.2 Å². The van der Waals surface area contributed by atoms with Crippen LogP contribution in [0, 0.1) is 0 Å². The molecule has 0 aliphatic rings. The predicted molar refractivity (Wildman–Crippen MR) is 137 cm³/mol. The highest BCUT2D eigenvalue weighted by molar-refractivity contribution is 5.98. The second-order valence-corrected chi connectivity index (χ2v) is 8.19. The van der Waals surface area contributed by atoms with Gasteiger partial charge >= 0.3 is 11.9 Å². The van der Waals surface area contributed by atoms with E-state index in [1.165, 1.54) is 33.2 Å². The fourth-order valence-corrected chi connectivity index (χ4v) is 3.46. The molecule has 3 atom stereocenters. The number of para-hydroxylation sites is 1. The first-order chi connectivity index (χ1) is 18.3. The van der Waals surface area contributed by atoms with E-state index in [0.29, 0.717) is 5.75 Å². The van der Waals surface area contributed by atoms with Crippen LogP contribution in [-0.4, -0.2) is 48.9 Å². The van der Waals surface area contributed by atoms with E-state index in [0.717, 1.165) is 5.56 Å². The quantitative estimate of drug-likeness (QED) is 0.279. The molecule has 38 heavy (non-hydrogen) atoms. The third kappa shape index (κ3) is 7.70. The van der Waals surface area contributed by atoms with E-state index in [2.05, 4.69) is 10.3 Å². The van der Waals surface area contributed by atoms with Crippen LogP contribution in [0.1, 0.15) is 42.9 Å². The summed E-state index contributed by atoms with van der Waals surface area (Å²) in [7, 11) is 1.39. The van der Waals surface area contributed by atoms with Gasteiger partial charge in [0.05, 0.1) is 7.11 Å². The van der Waals surface area contributed by atoms with Gasteiger partial charge in [-0.2, -0.15) is 0 Å². The van der Waals surface area contributed by atoms with E-state index < -0.39 is 42.9 Å². The van der Waals surface area contributed by atoms with Crippen molar-refractivity contribution in [2.24, 2.45) is 0 Å². The van der Waals surface area contributed by atoms with Crippen molar-refractivity contribution in [1.29, 1.82) is 0 Å². The maximum Gasteiger partial charge on any atom is 0.328 e. The highest BCUT2D eigenvalue weighted by atomic mass is 16.7. The Balaban J connectivity index is 1.70. The van der Waals surface area contributed by atoms with Gasteiger partial charge in [-0.1, -0.05) is 48.5 Å². The van der Waals surface area contributed by atoms with Gasteiger partial charge in [0, 0.05) is 19.2 Å². The Morgan fingerprint density at radius 1 is 0.947 bits per heavy atom. The molecule has 1 N–H and O–H groups in total. The molecule has 1 heterocycles. The molecule has 0 spiro atoms. The summed E-state index contributed by atoms with van der Waals surface area (Å²) in [6.07, 6.45) is 0.0666. The maximum atomic E-state index is 13.0. The lowest BCUT2D eigenvalue weighted by Crippen LogP contribution is -2.42. The molecule has 3 rings (SSSR count). The number of hydrogen-bond donors (Lipinski definition) is 1. The van der Waals surface area contributed by atoms with Gasteiger partial charge in [0.25, 0.3) is 5.91 Å². The van der Waals surface area contributed by atoms with Crippen LogP contribution in [0.15, 0.2) is 72.9 Å². The minimum atomic E-state index is -1.03. The molecule has 0 bridgehead atoms. The van der Waals surface area contributed by atoms with E-state index in [9.17, 15) is 14.4 Å². The topological polar surface area (TPSA) is 122 Å². The first-order valence-corrected chi connectivity index (χ1v) is 11.9. The average molecular weight is 523 g/mol. The van der Waals surface area contributed by atoms with Gasteiger partial charge in [0.1, 0.15) is 17.9 Å². The molecule has 0 saturated heterocycles. The van der Waals surface area contributed by atoms with Crippen molar-refractivity contribution in [2.75, 3.05) is 13.9 Å². The molecule has 0 aliphatic carbocycles. The van der Waals surface area contributed by atoms with Crippen LogP contribution in [0.4, 0.5) is 0 Å². The van der Waals surface area contributed by atoms with Crippen molar-refractivity contribution in [3.63, 3.8) is 0 Å². The third-order valence-electron chi connectivity index (χ3n) is 5.33. The number of rotatable bonds is 12. The monoisotopic (exact) mass is 522 g/mol. The van der Waals surface area contributed by atoms with Crippen molar-refractivity contribution in [3.05, 3.63) is 84.2 Å².